The fraction of sp³-hybridized carbons (Fsp3) is 0.412. The molecule has 1 heterocycles. The van der Waals surface area contributed by atoms with E-state index in [0.717, 1.165) is 0 Å². The van der Waals surface area contributed by atoms with Crippen LogP contribution in [0.15, 0.2) is 48.5 Å². The molecule has 1 aromatic heterocycles. The van der Waals surface area contributed by atoms with Crippen molar-refractivity contribution in [1.82, 2.24) is 15.6 Å². The summed E-state index contributed by atoms with van der Waals surface area (Å²) in [6.45, 7) is 11.5. The molecule has 1 atom stereocenters. The van der Waals surface area contributed by atoms with E-state index in [-0.39, 0.29) is 47.5 Å². The topological polar surface area (TPSA) is 145 Å². The maximum absolute atomic E-state index is 14.0. The lowest BCUT2D eigenvalue weighted by atomic mass is 9.89. The quantitative estimate of drug-likeness (QED) is 0.200. The maximum Gasteiger partial charge on any atom is 0.408 e. The molecule has 0 aliphatic carbocycles. The summed E-state index contributed by atoms with van der Waals surface area (Å²) in [5.41, 5.74) is -1.78. The van der Waals surface area contributed by atoms with E-state index in [0.29, 0.717) is 16.8 Å². The van der Waals surface area contributed by atoms with E-state index in [2.05, 4.69) is 15.6 Å². The number of aromatic nitrogens is 1. The number of hydrogen-bond acceptors (Lipinski definition) is 9. The minimum absolute atomic E-state index is 0.117. The molecule has 1 unspecified atom stereocenters. The molecule has 13 heteroatoms. The third kappa shape index (κ3) is 10.3. The number of nitrogens with one attached hydrogen (secondary N) is 2. The first-order valence-electron chi connectivity index (χ1n) is 14.8. The highest BCUT2D eigenvalue weighted by Gasteiger charge is 2.32. The Labute approximate surface area is 278 Å². The highest BCUT2D eigenvalue weighted by Crippen LogP contribution is 2.32. The van der Waals surface area contributed by atoms with Crippen LogP contribution < -0.4 is 20.1 Å². The number of alkyl carbamates (subject to hydrolysis) is 1. The van der Waals surface area contributed by atoms with Gasteiger partial charge in [-0.25, -0.2) is 19.0 Å². The molecular formula is C34H41ClFN3O8. The van der Waals surface area contributed by atoms with Crippen molar-refractivity contribution >= 4 is 29.6 Å². The number of amides is 2. The Morgan fingerprint density at radius 3 is 2.30 bits per heavy atom. The zero-order valence-electron chi connectivity index (χ0n) is 27.7. The normalized spacial score (nSPS) is 12.8. The molecule has 0 saturated carbocycles. The van der Waals surface area contributed by atoms with Gasteiger partial charge in [-0.3, -0.25) is 4.79 Å². The van der Waals surface area contributed by atoms with Crippen LogP contribution in [0.2, 0.25) is 5.02 Å². The number of pyridine rings is 1. The number of esters is 1. The van der Waals surface area contributed by atoms with E-state index in [1.165, 1.54) is 50.4 Å². The Morgan fingerprint density at radius 2 is 1.68 bits per heavy atom. The molecule has 0 fully saturated rings. The summed E-state index contributed by atoms with van der Waals surface area (Å²) in [6.07, 6.45) is -0.654. The van der Waals surface area contributed by atoms with Gasteiger partial charge in [0, 0.05) is 11.1 Å². The van der Waals surface area contributed by atoms with Crippen molar-refractivity contribution in [2.45, 2.75) is 65.2 Å². The number of carbonyl (C=O) groups excluding carboxylic acids is 3. The summed E-state index contributed by atoms with van der Waals surface area (Å²) in [6, 6.07) is 11.8. The zero-order valence-corrected chi connectivity index (χ0v) is 28.5. The first kappa shape index (κ1) is 37.0. The molecule has 0 radical (unpaired) electrons. The predicted molar refractivity (Wildman–Crippen MR) is 174 cm³/mol. The van der Waals surface area contributed by atoms with Gasteiger partial charge in [0.25, 0.3) is 5.91 Å². The molecule has 0 aliphatic rings. The fourth-order valence-electron chi connectivity index (χ4n) is 4.31. The van der Waals surface area contributed by atoms with Crippen LogP contribution in [-0.4, -0.2) is 60.5 Å². The molecule has 0 saturated heterocycles. The number of carbonyl (C=O) groups is 3. The lowest BCUT2D eigenvalue weighted by Crippen LogP contribution is -2.44. The number of rotatable bonds is 12. The van der Waals surface area contributed by atoms with Gasteiger partial charge in [-0.1, -0.05) is 11.6 Å². The van der Waals surface area contributed by atoms with Crippen LogP contribution in [0.25, 0.3) is 11.3 Å². The van der Waals surface area contributed by atoms with Crippen LogP contribution in [-0.2, 0) is 25.4 Å². The Balaban J connectivity index is 1.91. The molecule has 0 bridgehead atoms. The lowest BCUT2D eigenvalue weighted by molar-refractivity contribution is -0.145. The highest BCUT2D eigenvalue weighted by atomic mass is 35.5. The molecule has 3 rings (SSSR count). The number of aliphatic hydroxyl groups is 1. The summed E-state index contributed by atoms with van der Waals surface area (Å²) >= 11 is 6.06. The Bertz CT molecular complexity index is 1620. The van der Waals surface area contributed by atoms with Crippen LogP contribution in [0.5, 0.6) is 11.5 Å². The molecule has 3 aromatic rings. The monoisotopic (exact) mass is 673 g/mol. The molecule has 2 aromatic carbocycles. The van der Waals surface area contributed by atoms with Gasteiger partial charge in [0.1, 0.15) is 17.0 Å². The smallest absolute Gasteiger partial charge is 0.408 e. The lowest BCUT2D eigenvalue weighted by Gasteiger charge is -2.31. The van der Waals surface area contributed by atoms with Gasteiger partial charge >= 0.3 is 12.1 Å². The minimum Gasteiger partial charge on any atom is -0.493 e. The van der Waals surface area contributed by atoms with Gasteiger partial charge < -0.3 is 34.7 Å². The van der Waals surface area contributed by atoms with E-state index < -0.39 is 40.5 Å². The molecule has 11 nitrogen and oxygen atoms in total. The van der Waals surface area contributed by atoms with E-state index in [9.17, 15) is 23.9 Å². The van der Waals surface area contributed by atoms with Crippen molar-refractivity contribution in [3.8, 4) is 22.8 Å². The van der Waals surface area contributed by atoms with Crippen LogP contribution in [0.4, 0.5) is 9.18 Å². The third-order valence-electron chi connectivity index (χ3n) is 6.80. The average molecular weight is 674 g/mol. The standard InChI is InChI=1S/C34H41ClFN3O8/c1-9-45-29(40)18-46-26-13-11-21(15-27(26)44-8)30(41)37-19-34(7,43)28-17-22(33(5,6)39-31(42)47-32(2,3)4)16-25(38-28)20-10-12-24(36)23(35)14-20/h10-17,43H,9,18-19H2,1-8H3,(H,37,41)(H,39,42). The van der Waals surface area contributed by atoms with E-state index in [1.54, 1.807) is 53.7 Å². The molecule has 2 amide bonds. The SMILES string of the molecule is CCOC(=O)COc1ccc(C(=O)NCC(C)(O)c2cc(C(C)(C)NC(=O)OC(C)(C)C)cc(-c3ccc(F)c(Cl)c3)n2)cc1OC. The second-order valence-electron chi connectivity index (χ2n) is 12.4. The van der Waals surface area contributed by atoms with Crippen molar-refractivity contribution < 1.29 is 42.8 Å². The number of methoxy groups -OCH3 is 1. The number of hydrogen-bond donors (Lipinski definition) is 3. The molecule has 3 N–H and O–H groups in total. The molecule has 0 spiro atoms. The first-order valence-corrected chi connectivity index (χ1v) is 15.2. The first-order chi connectivity index (χ1) is 21.8. The Kier molecular flexibility index (Phi) is 11.8. The number of benzene rings is 2. The highest BCUT2D eigenvalue weighted by molar-refractivity contribution is 6.31. The van der Waals surface area contributed by atoms with Gasteiger partial charge in [-0.05, 0) is 103 Å². The van der Waals surface area contributed by atoms with Crippen molar-refractivity contribution in [1.29, 1.82) is 0 Å². The largest absolute Gasteiger partial charge is 0.493 e. The van der Waals surface area contributed by atoms with E-state index in [4.69, 9.17) is 30.5 Å². The predicted octanol–water partition coefficient (Wildman–Crippen LogP) is 5.89. The number of nitrogens with zero attached hydrogens (tertiary/aromatic N) is 1. The molecule has 254 valence electrons. The summed E-state index contributed by atoms with van der Waals surface area (Å²) < 4.78 is 35.1. The van der Waals surface area contributed by atoms with Crippen molar-refractivity contribution in [3.05, 3.63) is 76.2 Å². The average Bonchev–Trinajstić information content (AvgIpc) is 2.98. The maximum atomic E-state index is 14.0. The van der Waals surface area contributed by atoms with Gasteiger partial charge in [0.05, 0.1) is 42.2 Å². The summed E-state index contributed by atoms with van der Waals surface area (Å²) in [5, 5.41) is 17.1. The molecule has 0 aliphatic heterocycles. The summed E-state index contributed by atoms with van der Waals surface area (Å²) in [4.78, 5) is 42.1. The van der Waals surface area contributed by atoms with Crippen LogP contribution in [0.3, 0.4) is 0 Å². The zero-order chi connectivity index (χ0) is 35.2. The second-order valence-corrected chi connectivity index (χ2v) is 12.8. The third-order valence-corrected chi connectivity index (χ3v) is 7.09. The number of halogens is 2. The van der Waals surface area contributed by atoms with E-state index in [1.807, 2.05) is 0 Å². The van der Waals surface area contributed by atoms with Gasteiger partial charge in [0.2, 0.25) is 0 Å². The molecule has 47 heavy (non-hydrogen) atoms. The Hall–Kier alpha value is -4.42. The summed E-state index contributed by atoms with van der Waals surface area (Å²) in [7, 11) is 1.39. The van der Waals surface area contributed by atoms with Gasteiger partial charge in [0.15, 0.2) is 18.1 Å². The van der Waals surface area contributed by atoms with E-state index >= 15 is 0 Å². The van der Waals surface area contributed by atoms with Crippen molar-refractivity contribution in [2.75, 3.05) is 26.9 Å². The molecular weight excluding hydrogens is 633 g/mol. The second kappa shape index (κ2) is 15.0. The Morgan fingerprint density at radius 1 is 0.979 bits per heavy atom. The van der Waals surface area contributed by atoms with Gasteiger partial charge in [-0.15, -0.1) is 0 Å². The van der Waals surface area contributed by atoms with Gasteiger partial charge in [-0.2, -0.15) is 0 Å². The van der Waals surface area contributed by atoms with Crippen LogP contribution in [0.1, 0.15) is 70.1 Å². The van der Waals surface area contributed by atoms with Crippen molar-refractivity contribution in [2.24, 2.45) is 0 Å². The fourth-order valence-corrected chi connectivity index (χ4v) is 4.49. The van der Waals surface area contributed by atoms with Crippen LogP contribution in [0, 0.1) is 5.82 Å². The van der Waals surface area contributed by atoms with Crippen LogP contribution >= 0.6 is 11.6 Å². The van der Waals surface area contributed by atoms with Crippen molar-refractivity contribution in [3.63, 3.8) is 0 Å². The minimum atomic E-state index is -1.72. The number of ether oxygens (including phenoxy) is 4. The summed E-state index contributed by atoms with van der Waals surface area (Å²) in [5.74, 6) is -1.24.